The van der Waals surface area contributed by atoms with Gasteiger partial charge in [-0.2, -0.15) is 0 Å². The Hall–Kier alpha value is 0.267. The third-order valence-corrected chi connectivity index (χ3v) is 15.0. The molecule has 32 heavy (non-hydrogen) atoms. The highest BCUT2D eigenvalue weighted by molar-refractivity contribution is 8.17. The van der Waals surface area contributed by atoms with Crippen molar-refractivity contribution >= 4 is 37.8 Å². The summed E-state index contributed by atoms with van der Waals surface area (Å²) in [5, 5.41) is 11.6. The Morgan fingerprint density at radius 3 is 2.16 bits per heavy atom. The van der Waals surface area contributed by atoms with Crippen LogP contribution in [0.3, 0.4) is 0 Å². The van der Waals surface area contributed by atoms with E-state index in [-0.39, 0.29) is 35.5 Å². The Balaban J connectivity index is 2.28. The van der Waals surface area contributed by atoms with Gasteiger partial charge in [0, 0.05) is 11.8 Å². The summed E-state index contributed by atoms with van der Waals surface area (Å²) in [6, 6.07) is 0. The molecular formula is C24H46O5S2Si. The molecule has 0 aromatic carbocycles. The van der Waals surface area contributed by atoms with Crippen LogP contribution in [0.15, 0.2) is 0 Å². The molecule has 1 N–H and O–H groups in total. The minimum Gasteiger partial charge on any atom is -0.460 e. The van der Waals surface area contributed by atoms with Gasteiger partial charge in [-0.25, -0.2) is 0 Å². The molecule has 2 heterocycles. The molecule has 5 nitrogen and oxygen atoms in total. The second-order valence-corrected chi connectivity index (χ2v) is 20.0. The maximum absolute atomic E-state index is 12.6. The van der Waals surface area contributed by atoms with Crippen LogP contribution in [0.1, 0.15) is 81.1 Å². The van der Waals surface area contributed by atoms with E-state index in [1.165, 1.54) is 6.42 Å². The molecule has 0 saturated carbocycles. The van der Waals surface area contributed by atoms with Gasteiger partial charge in [0.2, 0.25) is 0 Å². The van der Waals surface area contributed by atoms with E-state index in [9.17, 15) is 9.90 Å². The van der Waals surface area contributed by atoms with Gasteiger partial charge in [-0.15, -0.1) is 23.5 Å². The summed E-state index contributed by atoms with van der Waals surface area (Å²) < 4.78 is 19.0. The van der Waals surface area contributed by atoms with E-state index >= 15 is 0 Å². The first-order valence-corrected chi connectivity index (χ1v) is 16.9. The minimum absolute atomic E-state index is 0.0642. The van der Waals surface area contributed by atoms with E-state index < -0.39 is 25.7 Å². The molecule has 2 fully saturated rings. The molecule has 2 saturated heterocycles. The molecule has 0 spiro atoms. The average molecular weight is 507 g/mol. The van der Waals surface area contributed by atoms with Crippen molar-refractivity contribution < 1.29 is 23.8 Å². The molecule has 8 heteroatoms. The number of ether oxygens (including phenoxy) is 2. The molecule has 0 bridgehead atoms. The Kier molecular flexibility index (Phi) is 8.99. The highest BCUT2D eigenvalue weighted by atomic mass is 32.2. The van der Waals surface area contributed by atoms with Gasteiger partial charge in [0.15, 0.2) is 14.1 Å². The van der Waals surface area contributed by atoms with Crippen LogP contribution < -0.4 is 0 Å². The normalized spacial score (nSPS) is 29.1. The molecule has 0 aromatic rings. The molecule has 0 radical (unpaired) electrons. The topological polar surface area (TPSA) is 65.0 Å². The van der Waals surface area contributed by atoms with Crippen LogP contribution in [0.4, 0.5) is 0 Å². The van der Waals surface area contributed by atoms with Crippen molar-refractivity contribution in [3.63, 3.8) is 0 Å². The fraction of sp³-hybridized carbons (Fsp3) is 0.958. The number of rotatable bonds is 6. The lowest BCUT2D eigenvalue weighted by atomic mass is 9.81. The number of esters is 1. The Morgan fingerprint density at radius 2 is 1.66 bits per heavy atom. The summed E-state index contributed by atoms with van der Waals surface area (Å²) in [5.74, 6) is 0.283. The second-order valence-electron chi connectivity index (χ2n) is 12.5. The van der Waals surface area contributed by atoms with Crippen molar-refractivity contribution in [3.05, 3.63) is 0 Å². The predicted octanol–water partition coefficient (Wildman–Crippen LogP) is 6.20. The molecule has 0 aliphatic carbocycles. The number of aliphatic hydroxyl groups is 1. The number of hydrogen-bond acceptors (Lipinski definition) is 7. The summed E-state index contributed by atoms with van der Waals surface area (Å²) >= 11 is 3.96. The first-order chi connectivity index (χ1) is 14.3. The lowest BCUT2D eigenvalue weighted by Crippen LogP contribution is -2.56. The third-order valence-electron chi connectivity index (χ3n) is 6.76. The van der Waals surface area contributed by atoms with Crippen LogP contribution in [0, 0.1) is 5.41 Å². The Morgan fingerprint density at radius 1 is 1.09 bits per heavy atom. The standard InChI is InChI=1S/C24H46O5S2Si/c1-21(2,3)28-19(25)16-24(26)15-17(29-32(9,10)22(4,5)6)14-18(27-24)23(7,8)20-30-12-11-13-31-20/h17-18,20,26H,11-16H2,1-10H3/t17-,18-,24?/m1/s1. The van der Waals surface area contributed by atoms with Crippen molar-refractivity contribution in [1.82, 2.24) is 0 Å². The largest absolute Gasteiger partial charge is 0.460 e. The van der Waals surface area contributed by atoms with E-state index in [0.29, 0.717) is 4.58 Å². The minimum atomic E-state index is -2.05. The Labute approximate surface area is 205 Å². The van der Waals surface area contributed by atoms with Gasteiger partial charge in [0.1, 0.15) is 5.60 Å². The van der Waals surface area contributed by atoms with Gasteiger partial charge in [0.05, 0.1) is 23.2 Å². The molecule has 2 aliphatic rings. The summed E-state index contributed by atoms with van der Waals surface area (Å²) in [7, 11) is -2.05. The highest BCUT2D eigenvalue weighted by Gasteiger charge is 2.52. The fourth-order valence-electron chi connectivity index (χ4n) is 3.96. The summed E-state index contributed by atoms with van der Waals surface area (Å²) in [4.78, 5) is 12.6. The molecule has 188 valence electrons. The lowest BCUT2D eigenvalue weighted by molar-refractivity contribution is -0.290. The molecule has 0 amide bonds. The van der Waals surface area contributed by atoms with Crippen molar-refractivity contribution in [2.24, 2.45) is 5.41 Å². The first-order valence-electron chi connectivity index (χ1n) is 11.9. The van der Waals surface area contributed by atoms with Gasteiger partial charge in [-0.3, -0.25) is 4.79 Å². The zero-order valence-electron chi connectivity index (χ0n) is 21.9. The van der Waals surface area contributed by atoms with E-state index in [2.05, 4.69) is 47.7 Å². The van der Waals surface area contributed by atoms with Crippen molar-refractivity contribution in [3.8, 4) is 0 Å². The number of carbonyl (C=O) groups excluding carboxylic acids is 1. The van der Waals surface area contributed by atoms with Gasteiger partial charge in [-0.05, 0) is 63.3 Å². The second kappa shape index (κ2) is 10.1. The molecule has 1 unspecified atom stereocenters. The van der Waals surface area contributed by atoms with Gasteiger partial charge < -0.3 is 19.0 Å². The summed E-state index contributed by atoms with van der Waals surface area (Å²) in [6.45, 7) is 21.1. The van der Waals surface area contributed by atoms with Gasteiger partial charge in [-0.1, -0.05) is 34.6 Å². The third kappa shape index (κ3) is 7.64. The molecule has 3 atom stereocenters. The van der Waals surface area contributed by atoms with Crippen LogP contribution in [-0.2, 0) is 18.7 Å². The van der Waals surface area contributed by atoms with E-state index in [1.54, 1.807) is 0 Å². The highest BCUT2D eigenvalue weighted by Crippen LogP contribution is 2.50. The van der Waals surface area contributed by atoms with Crippen LogP contribution in [0.5, 0.6) is 0 Å². The molecule has 2 aliphatic heterocycles. The predicted molar refractivity (Wildman–Crippen MR) is 139 cm³/mol. The van der Waals surface area contributed by atoms with E-state index in [0.717, 1.165) is 17.9 Å². The van der Waals surface area contributed by atoms with Crippen LogP contribution in [-0.4, -0.2) is 59.1 Å². The number of hydrogen-bond donors (Lipinski definition) is 1. The summed E-state index contributed by atoms with van der Waals surface area (Å²) in [6.07, 6.45) is 1.71. The van der Waals surface area contributed by atoms with Crippen molar-refractivity contribution in [1.29, 1.82) is 0 Å². The fourth-order valence-corrected chi connectivity index (χ4v) is 8.69. The Bertz CT molecular complexity index is 650. The lowest BCUT2D eigenvalue weighted by Gasteiger charge is -2.51. The SMILES string of the molecule is CC(C)(C)OC(=O)CC1(O)C[C@H](O[Si](C)(C)C(C)(C)C)C[C@H](C(C)(C)C2SCCCS2)O1. The first kappa shape index (κ1) is 28.5. The van der Waals surface area contributed by atoms with Gasteiger partial charge in [0.25, 0.3) is 0 Å². The zero-order chi connectivity index (χ0) is 24.6. The molecule has 0 aromatic heterocycles. The maximum atomic E-state index is 12.6. The zero-order valence-corrected chi connectivity index (χ0v) is 24.5. The van der Waals surface area contributed by atoms with Crippen molar-refractivity contribution in [2.45, 2.75) is 127 Å². The smallest absolute Gasteiger partial charge is 0.311 e. The van der Waals surface area contributed by atoms with Gasteiger partial charge >= 0.3 is 5.97 Å². The van der Waals surface area contributed by atoms with E-state index in [4.69, 9.17) is 13.9 Å². The van der Waals surface area contributed by atoms with Crippen LogP contribution in [0.2, 0.25) is 18.1 Å². The summed E-state index contributed by atoms with van der Waals surface area (Å²) in [5.41, 5.74) is -0.777. The van der Waals surface area contributed by atoms with E-state index in [1.807, 2.05) is 44.3 Å². The number of thioether (sulfide) groups is 2. The average Bonchev–Trinajstić information content (AvgIpc) is 2.58. The van der Waals surface area contributed by atoms with Crippen LogP contribution in [0.25, 0.3) is 0 Å². The number of carbonyl (C=O) groups is 1. The monoisotopic (exact) mass is 506 g/mol. The molecule has 2 rings (SSSR count). The quantitative estimate of drug-likeness (QED) is 0.340. The molecular weight excluding hydrogens is 460 g/mol. The van der Waals surface area contributed by atoms with Crippen LogP contribution >= 0.6 is 23.5 Å². The maximum Gasteiger partial charge on any atom is 0.311 e. The van der Waals surface area contributed by atoms with Crippen molar-refractivity contribution in [2.75, 3.05) is 11.5 Å².